The highest BCUT2D eigenvalue weighted by atomic mass is 16.5. The first kappa shape index (κ1) is 12.2. The first-order chi connectivity index (χ1) is 9.11. The van der Waals surface area contributed by atoms with Crippen LogP contribution < -0.4 is 10.5 Å². The minimum atomic E-state index is -0.524. The molecule has 2 aromatic rings. The van der Waals surface area contributed by atoms with E-state index in [4.69, 9.17) is 15.0 Å². The van der Waals surface area contributed by atoms with Crippen molar-refractivity contribution in [2.45, 2.75) is 25.3 Å². The third-order valence-corrected chi connectivity index (χ3v) is 3.64. The maximum atomic E-state index is 6.27. The molecule has 2 N–H and O–H groups in total. The standard InChI is InChI=1S/C14H17N3O2/c1-14(15,10-6-7-10)13-16-12(17-19-13)9-4-3-5-11(8-9)18-2/h3-5,8,10H,6-7,15H2,1-2H3. The van der Waals surface area contributed by atoms with E-state index < -0.39 is 5.54 Å². The van der Waals surface area contributed by atoms with Crippen LogP contribution in [-0.2, 0) is 5.54 Å². The molecule has 1 heterocycles. The molecule has 1 unspecified atom stereocenters. The van der Waals surface area contributed by atoms with Crippen LogP contribution >= 0.6 is 0 Å². The zero-order chi connectivity index (χ0) is 13.5. The number of hydrogen-bond donors (Lipinski definition) is 1. The molecule has 0 saturated heterocycles. The Hall–Kier alpha value is -1.88. The second-order valence-electron chi connectivity index (χ2n) is 5.21. The Balaban J connectivity index is 1.92. The maximum absolute atomic E-state index is 6.27. The van der Waals surface area contributed by atoms with Gasteiger partial charge in [-0.05, 0) is 37.8 Å². The first-order valence-electron chi connectivity index (χ1n) is 6.39. The van der Waals surface area contributed by atoms with Gasteiger partial charge in [0, 0.05) is 5.56 Å². The monoisotopic (exact) mass is 259 g/mol. The van der Waals surface area contributed by atoms with Crippen LogP contribution in [0.25, 0.3) is 11.4 Å². The number of aromatic nitrogens is 2. The molecule has 0 aliphatic heterocycles. The average molecular weight is 259 g/mol. The first-order valence-corrected chi connectivity index (χ1v) is 6.39. The van der Waals surface area contributed by atoms with Crippen LogP contribution in [-0.4, -0.2) is 17.3 Å². The Kier molecular flexibility index (Phi) is 2.78. The summed E-state index contributed by atoms with van der Waals surface area (Å²) in [5, 5.41) is 4.02. The molecule has 1 aliphatic rings. The highest BCUT2D eigenvalue weighted by molar-refractivity contribution is 5.56. The molecule has 1 aliphatic carbocycles. The van der Waals surface area contributed by atoms with Crippen LogP contribution in [0.1, 0.15) is 25.7 Å². The molecule has 0 spiro atoms. The summed E-state index contributed by atoms with van der Waals surface area (Å²) in [7, 11) is 1.63. The van der Waals surface area contributed by atoms with E-state index in [0.29, 0.717) is 17.6 Å². The SMILES string of the molecule is COc1cccc(-c2noc(C(C)(N)C3CC3)n2)c1. The van der Waals surface area contributed by atoms with Crippen LogP contribution in [0, 0.1) is 5.92 Å². The molecule has 100 valence electrons. The van der Waals surface area contributed by atoms with Crippen molar-refractivity contribution in [3.63, 3.8) is 0 Å². The fourth-order valence-electron chi connectivity index (χ4n) is 2.18. The average Bonchev–Trinajstić information content (AvgIpc) is 3.17. The number of ether oxygens (including phenoxy) is 1. The summed E-state index contributed by atoms with van der Waals surface area (Å²) in [5.74, 6) is 2.27. The summed E-state index contributed by atoms with van der Waals surface area (Å²) in [5.41, 5.74) is 6.61. The summed E-state index contributed by atoms with van der Waals surface area (Å²) < 4.78 is 10.5. The molecule has 0 bridgehead atoms. The molecule has 3 rings (SSSR count). The molecule has 5 nitrogen and oxygen atoms in total. The summed E-state index contributed by atoms with van der Waals surface area (Å²) in [6.45, 7) is 1.95. The second kappa shape index (κ2) is 4.35. The van der Waals surface area contributed by atoms with Crippen molar-refractivity contribution in [2.24, 2.45) is 11.7 Å². The quantitative estimate of drug-likeness (QED) is 0.912. The molecule has 1 saturated carbocycles. The lowest BCUT2D eigenvalue weighted by Gasteiger charge is -2.18. The molecule has 1 aromatic heterocycles. The molecule has 0 radical (unpaired) electrons. The second-order valence-corrected chi connectivity index (χ2v) is 5.21. The van der Waals surface area contributed by atoms with Crippen LogP contribution in [0.15, 0.2) is 28.8 Å². The van der Waals surface area contributed by atoms with Crippen molar-refractivity contribution in [3.05, 3.63) is 30.2 Å². The minimum Gasteiger partial charge on any atom is -0.497 e. The number of benzene rings is 1. The predicted molar refractivity (Wildman–Crippen MR) is 70.5 cm³/mol. The van der Waals surface area contributed by atoms with E-state index in [9.17, 15) is 0 Å². The van der Waals surface area contributed by atoms with Crippen LogP contribution in [0.5, 0.6) is 5.75 Å². The van der Waals surface area contributed by atoms with Crippen LogP contribution in [0.2, 0.25) is 0 Å². The van der Waals surface area contributed by atoms with Gasteiger partial charge in [0.25, 0.3) is 0 Å². The van der Waals surface area contributed by atoms with Crippen molar-refractivity contribution in [2.75, 3.05) is 7.11 Å². The van der Waals surface area contributed by atoms with Gasteiger partial charge in [0.15, 0.2) is 0 Å². The van der Waals surface area contributed by atoms with Crippen molar-refractivity contribution >= 4 is 0 Å². The number of nitrogens with two attached hydrogens (primary N) is 1. The molecular weight excluding hydrogens is 242 g/mol. The maximum Gasteiger partial charge on any atom is 0.247 e. The van der Waals surface area contributed by atoms with Gasteiger partial charge in [0.2, 0.25) is 11.7 Å². The topological polar surface area (TPSA) is 74.2 Å². The van der Waals surface area contributed by atoms with Gasteiger partial charge < -0.3 is 15.0 Å². The highest BCUT2D eigenvalue weighted by Gasteiger charge is 2.43. The fraction of sp³-hybridized carbons (Fsp3) is 0.429. The zero-order valence-electron chi connectivity index (χ0n) is 11.1. The van der Waals surface area contributed by atoms with Gasteiger partial charge in [0.05, 0.1) is 12.6 Å². The number of nitrogens with zero attached hydrogens (tertiary/aromatic N) is 2. The van der Waals surface area contributed by atoms with E-state index in [0.717, 1.165) is 24.2 Å². The van der Waals surface area contributed by atoms with E-state index in [1.807, 2.05) is 31.2 Å². The number of methoxy groups -OCH3 is 1. The minimum absolute atomic E-state index is 0.450. The molecule has 0 amide bonds. The third-order valence-electron chi connectivity index (χ3n) is 3.64. The Morgan fingerprint density at radius 1 is 1.42 bits per heavy atom. The molecule has 1 atom stereocenters. The van der Waals surface area contributed by atoms with Crippen molar-refractivity contribution in [3.8, 4) is 17.1 Å². The number of hydrogen-bond acceptors (Lipinski definition) is 5. The zero-order valence-corrected chi connectivity index (χ0v) is 11.1. The van der Waals surface area contributed by atoms with Gasteiger partial charge in [-0.2, -0.15) is 4.98 Å². The smallest absolute Gasteiger partial charge is 0.247 e. The Labute approximate surface area is 111 Å². The van der Waals surface area contributed by atoms with Crippen LogP contribution in [0.3, 0.4) is 0 Å². The predicted octanol–water partition coefficient (Wildman–Crippen LogP) is 2.33. The normalized spacial score (nSPS) is 18.1. The third kappa shape index (κ3) is 2.21. The number of rotatable bonds is 4. The lowest BCUT2D eigenvalue weighted by Crippen LogP contribution is -2.35. The van der Waals surface area contributed by atoms with Gasteiger partial charge in [-0.3, -0.25) is 0 Å². The molecule has 5 heteroatoms. The van der Waals surface area contributed by atoms with Crippen LogP contribution in [0.4, 0.5) is 0 Å². The van der Waals surface area contributed by atoms with E-state index in [1.54, 1.807) is 7.11 Å². The summed E-state index contributed by atoms with van der Waals surface area (Å²) in [6, 6.07) is 7.57. The molecular formula is C14H17N3O2. The van der Waals surface area contributed by atoms with E-state index in [-0.39, 0.29) is 0 Å². The summed E-state index contributed by atoms with van der Waals surface area (Å²) in [4.78, 5) is 4.43. The van der Waals surface area contributed by atoms with Gasteiger partial charge in [-0.1, -0.05) is 17.3 Å². The van der Waals surface area contributed by atoms with Gasteiger partial charge >= 0.3 is 0 Å². The van der Waals surface area contributed by atoms with Crippen molar-refractivity contribution in [1.82, 2.24) is 10.1 Å². The van der Waals surface area contributed by atoms with E-state index in [1.165, 1.54) is 0 Å². The summed E-state index contributed by atoms with van der Waals surface area (Å²) >= 11 is 0. The lowest BCUT2D eigenvalue weighted by atomic mass is 9.97. The largest absolute Gasteiger partial charge is 0.497 e. The molecule has 19 heavy (non-hydrogen) atoms. The Bertz CT molecular complexity index is 588. The Morgan fingerprint density at radius 2 is 2.21 bits per heavy atom. The Morgan fingerprint density at radius 3 is 2.89 bits per heavy atom. The lowest BCUT2D eigenvalue weighted by molar-refractivity contribution is 0.273. The molecule has 1 fully saturated rings. The van der Waals surface area contributed by atoms with E-state index >= 15 is 0 Å². The summed E-state index contributed by atoms with van der Waals surface area (Å²) in [6.07, 6.45) is 2.26. The van der Waals surface area contributed by atoms with Crippen molar-refractivity contribution in [1.29, 1.82) is 0 Å². The highest BCUT2D eigenvalue weighted by Crippen LogP contribution is 2.43. The van der Waals surface area contributed by atoms with E-state index in [2.05, 4.69) is 10.1 Å². The molecule has 1 aromatic carbocycles. The van der Waals surface area contributed by atoms with Gasteiger partial charge in [-0.25, -0.2) is 0 Å². The fourth-order valence-corrected chi connectivity index (χ4v) is 2.18. The van der Waals surface area contributed by atoms with Crippen molar-refractivity contribution < 1.29 is 9.26 Å². The van der Waals surface area contributed by atoms with Gasteiger partial charge in [-0.15, -0.1) is 0 Å². The van der Waals surface area contributed by atoms with Gasteiger partial charge in [0.1, 0.15) is 5.75 Å².